The van der Waals surface area contributed by atoms with Crippen LogP contribution in [0.4, 0.5) is 24.5 Å². The molecular weight excluding hydrogens is 351 g/mol. The van der Waals surface area contributed by atoms with Crippen LogP contribution in [0.15, 0.2) is 30.3 Å². The van der Waals surface area contributed by atoms with Crippen molar-refractivity contribution in [2.24, 2.45) is 0 Å². The number of alkyl halides is 3. The van der Waals surface area contributed by atoms with Gasteiger partial charge in [-0.1, -0.05) is 18.2 Å². The van der Waals surface area contributed by atoms with Crippen molar-refractivity contribution in [2.75, 3.05) is 11.1 Å². The predicted octanol–water partition coefficient (Wildman–Crippen LogP) is 4.77. The highest BCUT2D eigenvalue weighted by Crippen LogP contribution is 2.38. The topological polar surface area (TPSA) is 68.0 Å². The van der Waals surface area contributed by atoms with Gasteiger partial charge < -0.3 is 11.1 Å². The van der Waals surface area contributed by atoms with Gasteiger partial charge in [-0.25, -0.2) is 4.98 Å². The van der Waals surface area contributed by atoms with Gasteiger partial charge in [-0.3, -0.25) is 4.79 Å². The van der Waals surface area contributed by atoms with Crippen LogP contribution in [0.1, 0.15) is 26.5 Å². The average Bonchev–Trinajstić information content (AvgIpc) is 2.86. The molecule has 3 rings (SSSR count). The lowest BCUT2D eigenvalue weighted by Crippen LogP contribution is -2.12. The summed E-state index contributed by atoms with van der Waals surface area (Å²) in [5.74, 6) is -0.470. The number of anilines is 2. The lowest BCUT2D eigenvalue weighted by atomic mass is 10.1. The number of fused-ring (bicyclic) bond motifs is 1. The Labute approximate surface area is 145 Å². The van der Waals surface area contributed by atoms with Gasteiger partial charge in [-0.2, -0.15) is 13.2 Å². The molecule has 25 heavy (non-hydrogen) atoms. The van der Waals surface area contributed by atoms with E-state index in [1.165, 1.54) is 6.92 Å². The molecule has 0 fully saturated rings. The highest BCUT2D eigenvalue weighted by atomic mass is 32.1. The summed E-state index contributed by atoms with van der Waals surface area (Å²) in [5.41, 5.74) is 6.98. The van der Waals surface area contributed by atoms with Gasteiger partial charge in [0.2, 0.25) is 0 Å². The third-order valence-electron chi connectivity index (χ3n) is 3.79. The van der Waals surface area contributed by atoms with E-state index < -0.39 is 17.8 Å². The van der Waals surface area contributed by atoms with Crippen molar-refractivity contribution >= 4 is 38.8 Å². The summed E-state index contributed by atoms with van der Waals surface area (Å²) in [6, 6.07) is 8.13. The number of nitrogens with one attached hydrogen (secondary N) is 1. The van der Waals surface area contributed by atoms with Crippen molar-refractivity contribution in [1.82, 2.24) is 4.98 Å². The van der Waals surface area contributed by atoms with Gasteiger partial charge in [0.15, 0.2) is 0 Å². The largest absolute Gasteiger partial charge is 0.433 e. The normalized spacial score (nSPS) is 11.7. The Morgan fingerprint density at radius 3 is 2.52 bits per heavy atom. The Kier molecular flexibility index (Phi) is 4.16. The van der Waals surface area contributed by atoms with Crippen LogP contribution in [0, 0.1) is 13.8 Å². The van der Waals surface area contributed by atoms with Gasteiger partial charge in [0.25, 0.3) is 5.91 Å². The molecule has 1 amide bonds. The number of hydrogen-bond donors (Lipinski definition) is 2. The molecule has 0 unspecified atom stereocenters. The SMILES string of the molecule is Cc1ccccc1NC(=O)c1sc2nc(C(F)(F)F)cc(C)c2c1N. The second kappa shape index (κ2) is 6.03. The first kappa shape index (κ1) is 17.2. The number of para-hydroxylation sites is 1. The number of rotatable bonds is 2. The van der Waals surface area contributed by atoms with Crippen LogP contribution in [0.25, 0.3) is 10.2 Å². The number of aromatic nitrogens is 1. The number of nitrogens with two attached hydrogens (primary N) is 1. The molecule has 4 nitrogen and oxygen atoms in total. The zero-order chi connectivity index (χ0) is 18.4. The standard InChI is InChI=1S/C17H14F3N3OS/c1-8-5-3-4-6-10(8)22-15(24)14-13(21)12-9(2)7-11(17(18,19)20)23-16(12)25-14/h3-7H,21H2,1-2H3,(H,22,24). The van der Waals surface area contributed by atoms with Gasteiger partial charge in [0.1, 0.15) is 15.4 Å². The number of aryl methyl sites for hydroxylation is 2. The summed E-state index contributed by atoms with van der Waals surface area (Å²) in [4.78, 5) is 16.4. The third kappa shape index (κ3) is 3.17. The molecule has 3 aromatic rings. The number of halogens is 3. The van der Waals surface area contributed by atoms with Crippen molar-refractivity contribution in [3.05, 3.63) is 52.0 Å². The van der Waals surface area contributed by atoms with E-state index >= 15 is 0 Å². The van der Waals surface area contributed by atoms with E-state index in [9.17, 15) is 18.0 Å². The van der Waals surface area contributed by atoms with Crippen LogP contribution >= 0.6 is 11.3 Å². The third-order valence-corrected chi connectivity index (χ3v) is 4.88. The number of carbonyl (C=O) groups is 1. The lowest BCUT2D eigenvalue weighted by molar-refractivity contribution is -0.141. The summed E-state index contributed by atoms with van der Waals surface area (Å²) in [5, 5.41) is 3.12. The van der Waals surface area contributed by atoms with E-state index in [1.807, 2.05) is 19.1 Å². The summed E-state index contributed by atoms with van der Waals surface area (Å²) < 4.78 is 38.8. The Morgan fingerprint density at radius 2 is 1.88 bits per heavy atom. The molecule has 0 radical (unpaired) electrons. The molecule has 2 heterocycles. The van der Waals surface area contributed by atoms with E-state index in [-0.39, 0.29) is 15.4 Å². The maximum absolute atomic E-state index is 12.9. The molecule has 0 bridgehead atoms. The highest BCUT2D eigenvalue weighted by molar-refractivity contribution is 7.21. The summed E-state index contributed by atoms with van der Waals surface area (Å²) >= 11 is 0.853. The Bertz CT molecular complexity index is 979. The monoisotopic (exact) mass is 365 g/mol. The van der Waals surface area contributed by atoms with E-state index in [1.54, 1.807) is 12.1 Å². The van der Waals surface area contributed by atoms with Crippen LogP contribution in [-0.2, 0) is 6.18 Å². The molecule has 0 saturated carbocycles. The first-order valence-corrected chi connectivity index (χ1v) is 8.14. The fourth-order valence-electron chi connectivity index (χ4n) is 2.52. The van der Waals surface area contributed by atoms with Gasteiger partial charge in [-0.05, 0) is 37.1 Å². The number of amides is 1. The van der Waals surface area contributed by atoms with Crippen molar-refractivity contribution in [3.8, 4) is 0 Å². The first-order valence-electron chi connectivity index (χ1n) is 7.32. The first-order chi connectivity index (χ1) is 11.7. The second-order valence-electron chi connectivity index (χ2n) is 5.62. The number of nitrogens with zero attached hydrogens (tertiary/aromatic N) is 1. The summed E-state index contributed by atoms with van der Waals surface area (Å²) in [6.07, 6.45) is -4.55. The molecule has 2 aromatic heterocycles. The summed E-state index contributed by atoms with van der Waals surface area (Å²) in [7, 11) is 0. The van der Waals surface area contributed by atoms with Crippen molar-refractivity contribution < 1.29 is 18.0 Å². The minimum Gasteiger partial charge on any atom is -0.397 e. The summed E-state index contributed by atoms with van der Waals surface area (Å²) in [6.45, 7) is 3.36. The van der Waals surface area contributed by atoms with E-state index in [0.717, 1.165) is 23.0 Å². The second-order valence-corrected chi connectivity index (χ2v) is 6.62. The zero-order valence-electron chi connectivity index (χ0n) is 13.4. The Balaban J connectivity index is 2.05. The van der Waals surface area contributed by atoms with Crippen LogP contribution in [-0.4, -0.2) is 10.9 Å². The van der Waals surface area contributed by atoms with Crippen LogP contribution in [0.5, 0.6) is 0 Å². The number of benzene rings is 1. The van der Waals surface area contributed by atoms with E-state index in [0.29, 0.717) is 16.6 Å². The number of nitrogen functional groups attached to an aromatic ring is 1. The minimum atomic E-state index is -4.55. The molecule has 3 N–H and O–H groups in total. The van der Waals surface area contributed by atoms with Gasteiger partial charge in [-0.15, -0.1) is 11.3 Å². The lowest BCUT2D eigenvalue weighted by Gasteiger charge is -2.08. The molecule has 1 aromatic carbocycles. The molecule has 130 valence electrons. The molecule has 0 spiro atoms. The maximum atomic E-state index is 12.9. The predicted molar refractivity (Wildman–Crippen MR) is 92.9 cm³/mol. The smallest absolute Gasteiger partial charge is 0.397 e. The van der Waals surface area contributed by atoms with Crippen molar-refractivity contribution in [2.45, 2.75) is 20.0 Å². The average molecular weight is 365 g/mol. The van der Waals surface area contributed by atoms with Gasteiger partial charge in [0, 0.05) is 11.1 Å². The van der Waals surface area contributed by atoms with Crippen LogP contribution < -0.4 is 11.1 Å². The van der Waals surface area contributed by atoms with E-state index in [2.05, 4.69) is 10.3 Å². The van der Waals surface area contributed by atoms with Crippen LogP contribution in [0.2, 0.25) is 0 Å². The molecule has 0 saturated heterocycles. The quantitative estimate of drug-likeness (QED) is 0.688. The molecule has 0 aliphatic rings. The molecule has 0 atom stereocenters. The van der Waals surface area contributed by atoms with Crippen molar-refractivity contribution in [3.63, 3.8) is 0 Å². The Hall–Kier alpha value is -2.61. The number of pyridine rings is 1. The number of thiophene rings is 1. The Morgan fingerprint density at radius 1 is 1.20 bits per heavy atom. The van der Waals surface area contributed by atoms with Gasteiger partial charge >= 0.3 is 6.18 Å². The highest BCUT2D eigenvalue weighted by Gasteiger charge is 2.34. The van der Waals surface area contributed by atoms with E-state index in [4.69, 9.17) is 5.73 Å². The fourth-order valence-corrected chi connectivity index (χ4v) is 3.58. The molecule has 8 heteroatoms. The van der Waals surface area contributed by atoms with Gasteiger partial charge in [0.05, 0.1) is 5.69 Å². The zero-order valence-corrected chi connectivity index (χ0v) is 14.2. The van der Waals surface area contributed by atoms with Crippen molar-refractivity contribution in [1.29, 1.82) is 0 Å². The minimum absolute atomic E-state index is 0.0970. The number of carbonyl (C=O) groups excluding carboxylic acids is 1. The van der Waals surface area contributed by atoms with Crippen LogP contribution in [0.3, 0.4) is 0 Å². The number of hydrogen-bond acceptors (Lipinski definition) is 4. The fraction of sp³-hybridized carbons (Fsp3) is 0.176. The molecule has 0 aliphatic heterocycles. The maximum Gasteiger partial charge on any atom is 0.433 e. The molecule has 0 aliphatic carbocycles. The molecular formula is C17H14F3N3OS.